The zero-order valence-electron chi connectivity index (χ0n) is 14.4. The summed E-state index contributed by atoms with van der Waals surface area (Å²) in [6, 6.07) is 6.37. The summed E-state index contributed by atoms with van der Waals surface area (Å²) in [5.74, 6) is 0.358. The third-order valence-corrected chi connectivity index (χ3v) is 4.37. The van der Waals surface area contributed by atoms with E-state index in [1.807, 2.05) is 6.92 Å². The molecule has 1 atom stereocenters. The fourth-order valence-corrected chi connectivity index (χ4v) is 2.99. The average molecular weight is 321 g/mol. The van der Waals surface area contributed by atoms with Gasteiger partial charge in [0.15, 0.2) is 0 Å². The van der Waals surface area contributed by atoms with Crippen LogP contribution in [0.1, 0.15) is 26.3 Å². The second kappa shape index (κ2) is 8.41. The number of rotatable bonds is 6. The van der Waals surface area contributed by atoms with Gasteiger partial charge in [-0.1, -0.05) is 32.0 Å². The Balaban J connectivity index is 1.78. The van der Waals surface area contributed by atoms with Gasteiger partial charge in [0.1, 0.15) is 5.82 Å². The van der Waals surface area contributed by atoms with Gasteiger partial charge in [0.05, 0.1) is 6.04 Å². The number of hydrogen-bond acceptors (Lipinski definition) is 3. The highest BCUT2D eigenvalue weighted by Gasteiger charge is 2.25. The van der Waals surface area contributed by atoms with Crippen LogP contribution in [-0.2, 0) is 11.3 Å². The van der Waals surface area contributed by atoms with Gasteiger partial charge in [-0.2, -0.15) is 0 Å². The van der Waals surface area contributed by atoms with E-state index >= 15 is 0 Å². The second-order valence-electron chi connectivity index (χ2n) is 6.72. The first-order chi connectivity index (χ1) is 11.0. The molecule has 1 heterocycles. The predicted molar refractivity (Wildman–Crippen MR) is 90.6 cm³/mol. The number of hydrogen-bond donors (Lipinski definition) is 1. The number of nitrogens with one attached hydrogen (secondary N) is 1. The van der Waals surface area contributed by atoms with Crippen molar-refractivity contribution in [1.29, 1.82) is 0 Å². The molecule has 1 saturated heterocycles. The number of carbonyl (C=O) groups is 1. The average Bonchev–Trinajstić information content (AvgIpc) is 2.53. The van der Waals surface area contributed by atoms with Gasteiger partial charge in [-0.3, -0.25) is 9.69 Å². The quantitative estimate of drug-likeness (QED) is 0.872. The minimum atomic E-state index is -0.275. The van der Waals surface area contributed by atoms with Crippen LogP contribution in [0.4, 0.5) is 4.39 Å². The van der Waals surface area contributed by atoms with Crippen LogP contribution in [0, 0.1) is 11.7 Å². The van der Waals surface area contributed by atoms with Crippen molar-refractivity contribution in [3.05, 3.63) is 35.6 Å². The number of piperazine rings is 1. The van der Waals surface area contributed by atoms with Crippen molar-refractivity contribution in [2.24, 2.45) is 5.92 Å². The highest BCUT2D eigenvalue weighted by molar-refractivity contribution is 5.81. The summed E-state index contributed by atoms with van der Waals surface area (Å²) in [5, 5.41) is 2.85. The minimum Gasteiger partial charge on any atom is -0.351 e. The molecule has 2 rings (SSSR count). The van der Waals surface area contributed by atoms with Crippen LogP contribution >= 0.6 is 0 Å². The Bertz CT molecular complexity index is 513. The number of carbonyl (C=O) groups excluding carboxylic acids is 1. The molecule has 1 aromatic carbocycles. The molecule has 0 aliphatic carbocycles. The fourth-order valence-electron chi connectivity index (χ4n) is 2.99. The Hall–Kier alpha value is -1.46. The molecular weight excluding hydrogens is 293 g/mol. The van der Waals surface area contributed by atoms with Crippen molar-refractivity contribution >= 4 is 5.91 Å². The van der Waals surface area contributed by atoms with Gasteiger partial charge in [0, 0.05) is 44.8 Å². The third-order valence-electron chi connectivity index (χ3n) is 4.37. The standard InChI is InChI=1S/C18H28FN3O/c1-14(2)13-21-8-10-22(11-9-21)15(3)18(23)20-12-16-6-4-5-7-17(16)19/h4-7,14-15H,8-13H2,1-3H3,(H,20,23). The zero-order chi connectivity index (χ0) is 16.8. The number of nitrogens with zero attached hydrogens (tertiary/aromatic N) is 2. The SMILES string of the molecule is CC(C)CN1CCN(C(C)C(=O)NCc2ccccc2F)CC1. The third kappa shape index (κ3) is 5.29. The van der Waals surface area contributed by atoms with E-state index in [1.54, 1.807) is 18.2 Å². The zero-order valence-corrected chi connectivity index (χ0v) is 14.4. The van der Waals surface area contributed by atoms with Crippen LogP contribution in [0.3, 0.4) is 0 Å². The second-order valence-corrected chi connectivity index (χ2v) is 6.72. The van der Waals surface area contributed by atoms with Gasteiger partial charge in [-0.05, 0) is 18.9 Å². The van der Waals surface area contributed by atoms with Crippen LogP contribution in [0.15, 0.2) is 24.3 Å². The lowest BCUT2D eigenvalue weighted by molar-refractivity contribution is -0.126. The molecule has 128 valence electrons. The van der Waals surface area contributed by atoms with Crippen LogP contribution in [0.2, 0.25) is 0 Å². The molecule has 1 aromatic rings. The van der Waals surface area contributed by atoms with E-state index in [4.69, 9.17) is 0 Å². The van der Waals surface area contributed by atoms with Crippen molar-refractivity contribution in [3.8, 4) is 0 Å². The fraction of sp³-hybridized carbons (Fsp3) is 0.611. The van der Waals surface area contributed by atoms with E-state index in [-0.39, 0.29) is 24.3 Å². The molecule has 1 N–H and O–H groups in total. The summed E-state index contributed by atoms with van der Waals surface area (Å²) in [6.07, 6.45) is 0. The molecule has 0 radical (unpaired) electrons. The normalized spacial score (nSPS) is 18.1. The molecule has 0 bridgehead atoms. The van der Waals surface area contributed by atoms with Crippen LogP contribution in [0.5, 0.6) is 0 Å². The molecule has 4 nitrogen and oxygen atoms in total. The van der Waals surface area contributed by atoms with E-state index in [2.05, 4.69) is 29.0 Å². The van der Waals surface area contributed by atoms with Crippen molar-refractivity contribution in [2.45, 2.75) is 33.4 Å². The summed E-state index contributed by atoms with van der Waals surface area (Å²) in [6.45, 7) is 11.5. The molecule has 0 saturated carbocycles. The molecule has 1 unspecified atom stereocenters. The van der Waals surface area contributed by atoms with Crippen LogP contribution < -0.4 is 5.32 Å². The Morgan fingerprint density at radius 2 is 1.83 bits per heavy atom. The highest BCUT2D eigenvalue weighted by Crippen LogP contribution is 2.10. The molecule has 1 aliphatic heterocycles. The van der Waals surface area contributed by atoms with E-state index in [0.29, 0.717) is 11.5 Å². The molecule has 0 aromatic heterocycles. The lowest BCUT2D eigenvalue weighted by Gasteiger charge is -2.38. The van der Waals surface area contributed by atoms with Crippen LogP contribution in [0.25, 0.3) is 0 Å². The summed E-state index contributed by atoms with van der Waals surface area (Å²) in [7, 11) is 0. The number of amides is 1. The lowest BCUT2D eigenvalue weighted by Crippen LogP contribution is -2.54. The van der Waals surface area contributed by atoms with Crippen LogP contribution in [-0.4, -0.2) is 54.5 Å². The summed E-state index contributed by atoms with van der Waals surface area (Å²) < 4.78 is 13.6. The van der Waals surface area contributed by atoms with Crippen molar-refractivity contribution in [3.63, 3.8) is 0 Å². The van der Waals surface area contributed by atoms with Crippen molar-refractivity contribution < 1.29 is 9.18 Å². The molecule has 0 spiro atoms. The predicted octanol–water partition coefficient (Wildman–Crippen LogP) is 2.10. The van der Waals surface area contributed by atoms with Gasteiger partial charge in [-0.15, -0.1) is 0 Å². The molecule has 5 heteroatoms. The van der Waals surface area contributed by atoms with E-state index < -0.39 is 0 Å². The molecular formula is C18H28FN3O. The Morgan fingerprint density at radius 3 is 2.43 bits per heavy atom. The minimum absolute atomic E-state index is 0.0365. The Kier molecular flexibility index (Phi) is 6.54. The largest absolute Gasteiger partial charge is 0.351 e. The van der Waals surface area contributed by atoms with Gasteiger partial charge in [0.2, 0.25) is 5.91 Å². The molecule has 1 aliphatic rings. The number of halogens is 1. The highest BCUT2D eigenvalue weighted by atomic mass is 19.1. The van der Waals surface area contributed by atoms with Gasteiger partial charge >= 0.3 is 0 Å². The first-order valence-corrected chi connectivity index (χ1v) is 8.45. The maximum Gasteiger partial charge on any atom is 0.237 e. The van der Waals surface area contributed by atoms with Crippen molar-refractivity contribution in [1.82, 2.24) is 15.1 Å². The smallest absolute Gasteiger partial charge is 0.237 e. The van der Waals surface area contributed by atoms with E-state index in [0.717, 1.165) is 32.7 Å². The Labute approximate surface area is 138 Å². The maximum absolute atomic E-state index is 13.6. The van der Waals surface area contributed by atoms with Gasteiger partial charge in [0.25, 0.3) is 0 Å². The van der Waals surface area contributed by atoms with E-state index in [1.165, 1.54) is 6.07 Å². The summed E-state index contributed by atoms with van der Waals surface area (Å²) in [4.78, 5) is 16.9. The monoisotopic (exact) mass is 321 g/mol. The van der Waals surface area contributed by atoms with Gasteiger partial charge in [-0.25, -0.2) is 4.39 Å². The maximum atomic E-state index is 13.6. The Morgan fingerprint density at radius 1 is 1.17 bits per heavy atom. The first-order valence-electron chi connectivity index (χ1n) is 8.45. The van der Waals surface area contributed by atoms with Crippen molar-refractivity contribution in [2.75, 3.05) is 32.7 Å². The number of benzene rings is 1. The molecule has 1 fully saturated rings. The molecule has 1 amide bonds. The summed E-state index contributed by atoms with van der Waals surface area (Å²) >= 11 is 0. The molecule has 23 heavy (non-hydrogen) atoms. The summed E-state index contributed by atoms with van der Waals surface area (Å²) in [5.41, 5.74) is 0.523. The van der Waals surface area contributed by atoms with Gasteiger partial charge < -0.3 is 10.2 Å². The first kappa shape index (κ1) is 17.9. The lowest BCUT2D eigenvalue weighted by atomic mass is 10.1. The van der Waals surface area contributed by atoms with E-state index in [9.17, 15) is 9.18 Å². The topological polar surface area (TPSA) is 35.6 Å².